The van der Waals surface area contributed by atoms with Gasteiger partial charge in [-0.15, -0.1) is 11.6 Å². The van der Waals surface area contributed by atoms with Crippen molar-refractivity contribution in [1.29, 1.82) is 0 Å². The number of benzene rings is 1. The molecule has 1 atom stereocenters. The Morgan fingerprint density at radius 3 is 2.28 bits per heavy atom. The Bertz CT molecular complexity index is 398. The van der Waals surface area contributed by atoms with Gasteiger partial charge >= 0.3 is 6.18 Å². The molecule has 1 aromatic carbocycles. The molecular formula is C13H15ClF4. The topological polar surface area (TPSA) is 0 Å². The summed E-state index contributed by atoms with van der Waals surface area (Å²) >= 11 is 6.04. The van der Waals surface area contributed by atoms with Gasteiger partial charge in [-0.3, -0.25) is 0 Å². The highest BCUT2D eigenvalue weighted by atomic mass is 35.5. The van der Waals surface area contributed by atoms with Gasteiger partial charge in [-0.25, -0.2) is 4.39 Å². The minimum atomic E-state index is -4.64. The monoisotopic (exact) mass is 282 g/mol. The van der Waals surface area contributed by atoms with Gasteiger partial charge in [-0.2, -0.15) is 13.2 Å². The quantitative estimate of drug-likeness (QED) is 0.536. The van der Waals surface area contributed by atoms with E-state index in [1.54, 1.807) is 0 Å². The lowest BCUT2D eigenvalue weighted by Gasteiger charge is -2.13. The van der Waals surface area contributed by atoms with Crippen molar-refractivity contribution in [3.05, 3.63) is 35.1 Å². The van der Waals surface area contributed by atoms with Crippen molar-refractivity contribution in [1.82, 2.24) is 0 Å². The third kappa shape index (κ3) is 4.16. The van der Waals surface area contributed by atoms with Crippen LogP contribution in [0.25, 0.3) is 0 Å². The van der Waals surface area contributed by atoms with Crippen molar-refractivity contribution in [2.45, 2.75) is 38.2 Å². The summed E-state index contributed by atoms with van der Waals surface area (Å²) in [4.78, 5) is 0. The van der Waals surface area contributed by atoms with Crippen LogP contribution in [0.4, 0.5) is 17.6 Å². The smallest absolute Gasteiger partial charge is 0.206 e. The van der Waals surface area contributed by atoms with E-state index >= 15 is 0 Å². The van der Waals surface area contributed by atoms with Crippen LogP contribution in [0.3, 0.4) is 0 Å². The average Bonchev–Trinajstić information content (AvgIpc) is 2.23. The number of alkyl halides is 4. The predicted molar refractivity (Wildman–Crippen MR) is 64.2 cm³/mol. The Hall–Kier alpha value is -0.770. The van der Waals surface area contributed by atoms with E-state index in [4.69, 9.17) is 11.6 Å². The van der Waals surface area contributed by atoms with Crippen molar-refractivity contribution in [3.8, 4) is 0 Å². The molecule has 0 fully saturated rings. The van der Waals surface area contributed by atoms with Gasteiger partial charge in [0.25, 0.3) is 0 Å². The van der Waals surface area contributed by atoms with Crippen molar-refractivity contribution < 1.29 is 17.6 Å². The van der Waals surface area contributed by atoms with Crippen LogP contribution in [0.1, 0.15) is 31.4 Å². The molecular weight excluding hydrogens is 268 g/mol. The molecule has 1 unspecified atom stereocenters. The molecule has 0 nitrogen and oxygen atoms in total. The van der Waals surface area contributed by atoms with Crippen LogP contribution < -0.4 is 0 Å². The minimum absolute atomic E-state index is 0.0599. The molecule has 0 spiro atoms. The lowest BCUT2D eigenvalue weighted by Crippen LogP contribution is -2.10. The second-order valence-electron chi connectivity index (χ2n) is 4.61. The lowest BCUT2D eigenvalue weighted by atomic mass is 10.0. The van der Waals surface area contributed by atoms with E-state index in [1.807, 2.05) is 13.8 Å². The molecule has 0 bridgehead atoms. The maximum Gasteiger partial charge on any atom is 0.419 e. The second kappa shape index (κ2) is 5.91. The number of aryl methyl sites for hydroxylation is 1. The van der Waals surface area contributed by atoms with Crippen LogP contribution in [0.2, 0.25) is 0 Å². The molecule has 18 heavy (non-hydrogen) atoms. The Labute approximate surface area is 109 Å². The van der Waals surface area contributed by atoms with E-state index in [1.165, 1.54) is 6.07 Å². The minimum Gasteiger partial charge on any atom is -0.206 e. The fourth-order valence-corrected chi connectivity index (χ4v) is 1.69. The first-order chi connectivity index (χ1) is 8.21. The highest BCUT2D eigenvalue weighted by Gasteiger charge is 2.33. The molecule has 5 heteroatoms. The zero-order valence-corrected chi connectivity index (χ0v) is 10.9. The first kappa shape index (κ1) is 15.3. The van der Waals surface area contributed by atoms with E-state index in [0.717, 1.165) is 12.1 Å². The molecule has 0 amide bonds. The standard InChI is InChI=1S/C13H15ClF4/c1-8(2)11(14)6-4-9-3-5-10(12(15)7-9)13(16,17)18/h3,5,7-8,11H,4,6H2,1-2H3. The molecule has 0 aromatic heterocycles. The van der Waals surface area contributed by atoms with E-state index in [0.29, 0.717) is 18.4 Å². The van der Waals surface area contributed by atoms with Gasteiger partial charge in [0.05, 0.1) is 5.56 Å². The Kier molecular flexibility index (Phi) is 5.02. The molecule has 1 aromatic rings. The van der Waals surface area contributed by atoms with Crippen molar-refractivity contribution in [3.63, 3.8) is 0 Å². The van der Waals surface area contributed by atoms with Gasteiger partial charge < -0.3 is 0 Å². The summed E-state index contributed by atoms with van der Waals surface area (Å²) in [6.07, 6.45) is -3.55. The van der Waals surface area contributed by atoms with Crippen molar-refractivity contribution in [2.24, 2.45) is 5.92 Å². The van der Waals surface area contributed by atoms with Gasteiger partial charge in [-0.05, 0) is 36.5 Å². The number of halogens is 5. The molecule has 0 saturated heterocycles. The number of hydrogen-bond acceptors (Lipinski definition) is 0. The van der Waals surface area contributed by atoms with E-state index < -0.39 is 17.6 Å². The van der Waals surface area contributed by atoms with Crippen LogP contribution in [-0.2, 0) is 12.6 Å². The molecule has 0 N–H and O–H groups in total. The third-order valence-corrected chi connectivity index (χ3v) is 3.49. The van der Waals surface area contributed by atoms with E-state index in [9.17, 15) is 17.6 Å². The zero-order valence-electron chi connectivity index (χ0n) is 10.2. The second-order valence-corrected chi connectivity index (χ2v) is 5.17. The van der Waals surface area contributed by atoms with Crippen LogP contribution >= 0.6 is 11.6 Å². The summed E-state index contributed by atoms with van der Waals surface area (Å²) in [7, 11) is 0. The Morgan fingerprint density at radius 2 is 1.83 bits per heavy atom. The van der Waals surface area contributed by atoms with Gasteiger partial charge in [0, 0.05) is 5.38 Å². The molecule has 0 saturated carbocycles. The van der Waals surface area contributed by atoms with Gasteiger partial charge in [-0.1, -0.05) is 19.9 Å². The molecule has 0 radical (unpaired) electrons. The fourth-order valence-electron chi connectivity index (χ4n) is 1.58. The van der Waals surface area contributed by atoms with Crippen LogP contribution in [0.15, 0.2) is 18.2 Å². The van der Waals surface area contributed by atoms with Crippen LogP contribution in [0, 0.1) is 11.7 Å². The maximum atomic E-state index is 13.3. The summed E-state index contributed by atoms with van der Waals surface area (Å²) in [5.41, 5.74) is -0.690. The average molecular weight is 283 g/mol. The zero-order chi connectivity index (χ0) is 13.9. The largest absolute Gasteiger partial charge is 0.419 e. The predicted octanol–water partition coefficient (Wildman–Crippen LogP) is 5.04. The number of hydrogen-bond donors (Lipinski definition) is 0. The molecule has 0 aliphatic carbocycles. The summed E-state index contributed by atoms with van der Waals surface area (Å²) in [6, 6.07) is 3.02. The molecule has 0 aliphatic rings. The molecule has 0 heterocycles. The molecule has 1 rings (SSSR count). The van der Waals surface area contributed by atoms with Gasteiger partial charge in [0.1, 0.15) is 5.82 Å². The Morgan fingerprint density at radius 1 is 1.22 bits per heavy atom. The third-order valence-electron chi connectivity index (χ3n) is 2.77. The molecule has 102 valence electrons. The van der Waals surface area contributed by atoms with Crippen LogP contribution in [0.5, 0.6) is 0 Å². The van der Waals surface area contributed by atoms with E-state index in [2.05, 4.69) is 0 Å². The summed E-state index contributed by atoms with van der Waals surface area (Å²) < 4.78 is 50.3. The normalized spacial score (nSPS) is 14.0. The van der Waals surface area contributed by atoms with E-state index in [-0.39, 0.29) is 11.3 Å². The van der Waals surface area contributed by atoms with Gasteiger partial charge in [0.2, 0.25) is 0 Å². The summed E-state index contributed by atoms with van der Waals surface area (Å²) in [6.45, 7) is 3.93. The fraction of sp³-hybridized carbons (Fsp3) is 0.538. The highest BCUT2D eigenvalue weighted by molar-refractivity contribution is 6.20. The van der Waals surface area contributed by atoms with Gasteiger partial charge in [0.15, 0.2) is 0 Å². The highest BCUT2D eigenvalue weighted by Crippen LogP contribution is 2.31. The first-order valence-electron chi connectivity index (χ1n) is 5.71. The maximum absolute atomic E-state index is 13.3. The first-order valence-corrected chi connectivity index (χ1v) is 6.15. The Balaban J connectivity index is 2.74. The van der Waals surface area contributed by atoms with Crippen molar-refractivity contribution in [2.75, 3.05) is 0 Å². The SMILES string of the molecule is CC(C)C(Cl)CCc1ccc(C(F)(F)F)c(F)c1. The van der Waals surface area contributed by atoms with Crippen molar-refractivity contribution >= 4 is 11.6 Å². The lowest BCUT2D eigenvalue weighted by molar-refractivity contribution is -0.140. The molecule has 0 aliphatic heterocycles. The van der Waals surface area contributed by atoms with Crippen LogP contribution in [-0.4, -0.2) is 5.38 Å². The number of rotatable bonds is 4. The summed E-state index contributed by atoms with van der Waals surface area (Å²) in [5, 5.41) is -0.0599. The summed E-state index contributed by atoms with van der Waals surface area (Å²) in [5.74, 6) is -0.943.